The molecule has 1 unspecified atom stereocenters. The molecule has 152 valence electrons. The molecule has 2 fully saturated rings. The van der Waals surface area contributed by atoms with Gasteiger partial charge >= 0.3 is 0 Å². The van der Waals surface area contributed by atoms with Crippen molar-refractivity contribution in [2.75, 3.05) is 50.9 Å². The summed E-state index contributed by atoms with van der Waals surface area (Å²) >= 11 is 0. The zero-order valence-corrected chi connectivity index (χ0v) is 17.3. The molecule has 0 spiro atoms. The summed E-state index contributed by atoms with van der Waals surface area (Å²) in [6.45, 7) is 6.11. The number of nitrogens with zero attached hydrogens (tertiary/aromatic N) is 2. The Balaban J connectivity index is 1.75. The Morgan fingerprint density at radius 3 is 2.44 bits per heavy atom. The van der Waals surface area contributed by atoms with Crippen LogP contribution in [0, 0.1) is 6.92 Å². The molecule has 9 heteroatoms. The molecule has 1 aromatic carbocycles. The molecular weight excluding hydrogens is 388 g/mol. The van der Waals surface area contributed by atoms with Gasteiger partial charge in [-0.2, -0.15) is 4.31 Å². The van der Waals surface area contributed by atoms with E-state index in [1.807, 2.05) is 6.92 Å². The van der Waals surface area contributed by atoms with Crippen molar-refractivity contribution in [2.45, 2.75) is 30.7 Å². The average Bonchev–Trinajstić information content (AvgIpc) is 2.99. The summed E-state index contributed by atoms with van der Waals surface area (Å²) in [5.74, 6) is -0.0311. The molecule has 7 nitrogen and oxygen atoms in total. The number of aryl methyl sites for hydroxylation is 1. The quantitative estimate of drug-likeness (QED) is 0.657. The molecule has 0 radical (unpaired) electrons. The van der Waals surface area contributed by atoms with E-state index in [0.29, 0.717) is 32.6 Å². The molecule has 0 aromatic heterocycles. The highest BCUT2D eigenvalue weighted by Gasteiger charge is 2.38. The second-order valence-electron chi connectivity index (χ2n) is 7.29. The number of hydrogen-bond acceptors (Lipinski definition) is 6. The molecule has 0 bridgehead atoms. The van der Waals surface area contributed by atoms with E-state index >= 15 is 0 Å². The SMILES string of the molecule is Cc1ccc(S(=O)(=O)N(CCCN2CCOCC2)C2CCS(=O)(=O)C2)cc1. The van der Waals surface area contributed by atoms with Crippen LogP contribution in [0.25, 0.3) is 0 Å². The van der Waals surface area contributed by atoms with Crippen molar-refractivity contribution < 1.29 is 21.6 Å². The van der Waals surface area contributed by atoms with E-state index in [9.17, 15) is 16.8 Å². The predicted octanol–water partition coefficient (Wildman–Crippen LogP) is 0.895. The van der Waals surface area contributed by atoms with Crippen LogP contribution in [0.15, 0.2) is 29.2 Å². The van der Waals surface area contributed by atoms with Crippen LogP contribution in [0.1, 0.15) is 18.4 Å². The third kappa shape index (κ3) is 5.29. The van der Waals surface area contributed by atoms with E-state index in [4.69, 9.17) is 4.74 Å². The number of sulfone groups is 1. The van der Waals surface area contributed by atoms with Gasteiger partial charge in [0.05, 0.1) is 29.6 Å². The third-order valence-corrected chi connectivity index (χ3v) is 8.92. The fourth-order valence-electron chi connectivity index (χ4n) is 3.62. The van der Waals surface area contributed by atoms with Crippen molar-refractivity contribution in [3.05, 3.63) is 29.8 Å². The average molecular weight is 417 g/mol. The smallest absolute Gasteiger partial charge is 0.243 e. The molecular formula is C18H28N2O5S2. The summed E-state index contributed by atoms with van der Waals surface area (Å²) in [5.41, 5.74) is 0.983. The van der Waals surface area contributed by atoms with Crippen LogP contribution in [0.4, 0.5) is 0 Å². The van der Waals surface area contributed by atoms with Gasteiger partial charge < -0.3 is 4.74 Å². The summed E-state index contributed by atoms with van der Waals surface area (Å²) in [4.78, 5) is 2.48. The summed E-state index contributed by atoms with van der Waals surface area (Å²) in [6, 6.07) is 6.26. The van der Waals surface area contributed by atoms with Gasteiger partial charge in [-0.05, 0) is 38.4 Å². The van der Waals surface area contributed by atoms with Crippen molar-refractivity contribution in [3.63, 3.8) is 0 Å². The Bertz CT molecular complexity index is 831. The maximum Gasteiger partial charge on any atom is 0.243 e. The molecule has 27 heavy (non-hydrogen) atoms. The van der Waals surface area contributed by atoms with E-state index in [1.54, 1.807) is 24.3 Å². The van der Waals surface area contributed by atoms with Crippen LogP contribution in [-0.4, -0.2) is 83.0 Å². The molecule has 2 heterocycles. The lowest BCUT2D eigenvalue weighted by atomic mass is 10.2. The van der Waals surface area contributed by atoms with Gasteiger partial charge in [-0.25, -0.2) is 16.8 Å². The number of hydrogen-bond donors (Lipinski definition) is 0. The Hall–Kier alpha value is -1.00. The van der Waals surface area contributed by atoms with Crippen LogP contribution < -0.4 is 0 Å². The Morgan fingerprint density at radius 2 is 1.85 bits per heavy atom. The van der Waals surface area contributed by atoms with Crippen LogP contribution in [0.2, 0.25) is 0 Å². The van der Waals surface area contributed by atoms with Gasteiger partial charge in [0.25, 0.3) is 0 Å². The minimum absolute atomic E-state index is 0.0566. The maximum atomic E-state index is 13.2. The van der Waals surface area contributed by atoms with Crippen molar-refractivity contribution in [1.29, 1.82) is 0 Å². The van der Waals surface area contributed by atoms with E-state index in [1.165, 1.54) is 4.31 Å². The molecule has 2 saturated heterocycles. The minimum atomic E-state index is -3.73. The lowest BCUT2D eigenvalue weighted by Gasteiger charge is -2.30. The summed E-state index contributed by atoms with van der Waals surface area (Å²) in [6.07, 6.45) is 1.03. The second-order valence-corrected chi connectivity index (χ2v) is 11.4. The first-order chi connectivity index (χ1) is 12.8. The number of sulfonamides is 1. The first kappa shape index (κ1) is 20.7. The highest BCUT2D eigenvalue weighted by molar-refractivity contribution is 7.92. The van der Waals surface area contributed by atoms with Gasteiger partial charge in [0.2, 0.25) is 10.0 Å². The lowest BCUT2D eigenvalue weighted by molar-refractivity contribution is 0.0367. The standard InChI is InChI=1S/C18H28N2O5S2/c1-16-3-5-18(6-4-16)27(23,24)20(17-7-14-26(21,22)15-17)9-2-8-19-10-12-25-13-11-19/h3-6,17H,2,7-15H2,1H3. The molecule has 2 aliphatic rings. The largest absolute Gasteiger partial charge is 0.379 e. The van der Waals surface area contributed by atoms with E-state index in [2.05, 4.69) is 4.90 Å². The highest BCUT2D eigenvalue weighted by Crippen LogP contribution is 2.25. The molecule has 0 aliphatic carbocycles. The third-order valence-electron chi connectivity index (χ3n) is 5.20. The normalized spacial score (nSPS) is 23.7. The van der Waals surface area contributed by atoms with Gasteiger partial charge in [-0.15, -0.1) is 0 Å². The van der Waals surface area contributed by atoms with Crippen LogP contribution in [0.5, 0.6) is 0 Å². The molecule has 2 aliphatic heterocycles. The first-order valence-electron chi connectivity index (χ1n) is 9.37. The molecule has 3 rings (SSSR count). The van der Waals surface area contributed by atoms with E-state index < -0.39 is 25.9 Å². The molecule has 0 saturated carbocycles. The number of benzene rings is 1. The summed E-state index contributed by atoms with van der Waals surface area (Å²) in [5, 5.41) is 0. The molecule has 1 atom stereocenters. The number of morpholine rings is 1. The van der Waals surface area contributed by atoms with Gasteiger partial charge in [-0.1, -0.05) is 17.7 Å². The maximum absolute atomic E-state index is 13.2. The summed E-state index contributed by atoms with van der Waals surface area (Å²) in [7, 11) is -6.90. The Kier molecular flexibility index (Phi) is 6.58. The molecule has 1 aromatic rings. The van der Waals surface area contributed by atoms with Crippen molar-refractivity contribution in [3.8, 4) is 0 Å². The van der Waals surface area contributed by atoms with Gasteiger partial charge in [0.1, 0.15) is 0 Å². The van der Waals surface area contributed by atoms with Gasteiger partial charge in [0.15, 0.2) is 9.84 Å². The zero-order valence-electron chi connectivity index (χ0n) is 15.7. The highest BCUT2D eigenvalue weighted by atomic mass is 32.2. The fourth-order valence-corrected chi connectivity index (χ4v) is 7.14. The van der Waals surface area contributed by atoms with Crippen molar-refractivity contribution in [1.82, 2.24) is 9.21 Å². The van der Waals surface area contributed by atoms with Crippen molar-refractivity contribution in [2.24, 2.45) is 0 Å². The Labute approximate surface area is 162 Å². The van der Waals surface area contributed by atoms with E-state index in [-0.39, 0.29) is 16.4 Å². The van der Waals surface area contributed by atoms with Crippen LogP contribution in [-0.2, 0) is 24.6 Å². The van der Waals surface area contributed by atoms with E-state index in [0.717, 1.165) is 25.2 Å². The topological polar surface area (TPSA) is 84.0 Å². The second kappa shape index (κ2) is 8.57. The minimum Gasteiger partial charge on any atom is -0.379 e. The van der Waals surface area contributed by atoms with Crippen LogP contribution in [0.3, 0.4) is 0 Å². The number of ether oxygens (including phenoxy) is 1. The van der Waals surface area contributed by atoms with Crippen LogP contribution >= 0.6 is 0 Å². The predicted molar refractivity (Wildman–Crippen MR) is 104 cm³/mol. The lowest BCUT2D eigenvalue weighted by Crippen LogP contribution is -2.43. The summed E-state index contributed by atoms with van der Waals surface area (Å²) < 4.78 is 57.1. The monoisotopic (exact) mass is 416 g/mol. The van der Waals surface area contributed by atoms with Crippen molar-refractivity contribution >= 4 is 19.9 Å². The van der Waals surface area contributed by atoms with Gasteiger partial charge in [0, 0.05) is 25.7 Å². The number of rotatable bonds is 7. The van der Waals surface area contributed by atoms with Gasteiger partial charge in [-0.3, -0.25) is 4.90 Å². The fraction of sp³-hybridized carbons (Fsp3) is 0.667. The Morgan fingerprint density at radius 1 is 1.19 bits per heavy atom. The molecule has 0 amide bonds. The first-order valence-corrected chi connectivity index (χ1v) is 12.6. The molecule has 0 N–H and O–H groups in total. The zero-order chi connectivity index (χ0) is 19.5.